The van der Waals surface area contributed by atoms with Crippen LogP contribution in [0.3, 0.4) is 0 Å². The second-order valence-electron chi connectivity index (χ2n) is 16.9. The Hall–Kier alpha value is -0.230. The van der Waals surface area contributed by atoms with Crippen LogP contribution in [0.2, 0.25) is 0 Å². The van der Waals surface area contributed by atoms with Gasteiger partial charge in [-0.2, -0.15) is 0 Å². The number of carbonyl (C=O) groups is 3. The van der Waals surface area contributed by atoms with Gasteiger partial charge in [-0.25, -0.2) is 9.59 Å². The summed E-state index contributed by atoms with van der Waals surface area (Å²) in [6, 6.07) is 0. The van der Waals surface area contributed by atoms with Crippen LogP contribution in [0.25, 0.3) is 0 Å². The molecule has 0 aliphatic heterocycles. The summed E-state index contributed by atoms with van der Waals surface area (Å²) >= 11 is 7.11. The van der Waals surface area contributed by atoms with E-state index in [1.54, 1.807) is 47.0 Å². The molecule has 0 aromatic rings. The second-order valence-corrected chi connectivity index (χ2v) is 22.3. The van der Waals surface area contributed by atoms with Crippen LogP contribution in [-0.4, -0.2) is 94.9 Å². The molecule has 0 heterocycles. The third-order valence-corrected chi connectivity index (χ3v) is 16.3. The Balaban J connectivity index is 4.84. The van der Waals surface area contributed by atoms with Crippen LogP contribution in [0, 0.1) is 0 Å². The molecule has 0 radical (unpaired) electrons. The minimum atomic E-state index is -0.128. The van der Waals surface area contributed by atoms with Gasteiger partial charge in [-0.05, 0) is 127 Å². The maximum Gasteiger partial charge on any atom is 0.329 e. The van der Waals surface area contributed by atoms with Gasteiger partial charge < -0.3 is 19.1 Å². The average molecular weight is 923 g/mol. The van der Waals surface area contributed by atoms with Crippen LogP contribution >= 0.6 is 47.0 Å². The zero-order chi connectivity index (χ0) is 44.2. The number of ether oxygens (including phenoxy) is 3. The van der Waals surface area contributed by atoms with E-state index in [0.717, 1.165) is 113 Å². The number of nitrogens with zero attached hydrogens (tertiary/aromatic N) is 1. The molecule has 0 unspecified atom stereocenters. The summed E-state index contributed by atoms with van der Waals surface area (Å²) in [5, 5.41) is 0. The van der Waals surface area contributed by atoms with Crippen molar-refractivity contribution < 1.29 is 28.6 Å². The topological polar surface area (TPSA) is 82.1 Å². The summed E-state index contributed by atoms with van der Waals surface area (Å²) in [4.78, 5) is 41.2. The maximum absolute atomic E-state index is 13.1. The van der Waals surface area contributed by atoms with E-state index in [1.807, 2.05) is 14.1 Å². The minimum Gasteiger partial charge on any atom is -0.464 e. The predicted octanol–water partition coefficient (Wildman–Crippen LogP) is 14.9. The zero-order valence-electron chi connectivity index (χ0n) is 39.9. The van der Waals surface area contributed by atoms with E-state index in [4.69, 9.17) is 14.2 Å². The average Bonchev–Trinajstić information content (AvgIpc) is 3.23. The molecule has 60 heavy (non-hydrogen) atoms. The first-order valence-corrected chi connectivity index (χ1v) is 29.1. The van der Waals surface area contributed by atoms with Crippen molar-refractivity contribution in [1.82, 2.24) is 4.90 Å². The molecule has 0 aromatic heterocycles. The summed E-state index contributed by atoms with van der Waals surface area (Å²) in [6.07, 6.45) is 33.0. The van der Waals surface area contributed by atoms with Crippen LogP contribution < -0.4 is 0 Å². The van der Waals surface area contributed by atoms with E-state index < -0.39 is 0 Å². The monoisotopic (exact) mass is 922 g/mol. The fourth-order valence-corrected chi connectivity index (χ4v) is 11.9. The first-order valence-electron chi connectivity index (χ1n) is 24.9. The van der Waals surface area contributed by atoms with Gasteiger partial charge in [-0.1, -0.05) is 130 Å². The lowest BCUT2D eigenvalue weighted by atomic mass is 10.0. The Morgan fingerprint density at radius 3 is 1.10 bits per heavy atom. The third kappa shape index (κ3) is 40.5. The standard InChI is InChI=1S/C49H95NO6S4/c1-7-11-15-19-29-40-57-48(58-41-30-20-16-12-8-2)46(52)54-38-27-23-25-34-44(56-45(51)36-33-37-50(5)6)35-26-24-28-39-55-47(53)49(59-42-31-21-17-13-9-3)60-43-32-22-18-14-10-4/h44,48-49H,7-43H2,1-6H3. The quantitative estimate of drug-likeness (QED) is 0.0253. The summed E-state index contributed by atoms with van der Waals surface area (Å²) in [7, 11) is 4.05. The number of hydrogen-bond donors (Lipinski definition) is 0. The molecule has 0 aromatic carbocycles. The van der Waals surface area contributed by atoms with Gasteiger partial charge in [0, 0.05) is 6.42 Å². The Labute approximate surface area is 388 Å². The molecule has 0 spiro atoms. The van der Waals surface area contributed by atoms with Crippen molar-refractivity contribution in [2.75, 3.05) is 56.9 Å². The van der Waals surface area contributed by atoms with E-state index in [1.165, 1.54) is 103 Å². The molecule has 0 saturated carbocycles. The molecule has 0 saturated heterocycles. The smallest absolute Gasteiger partial charge is 0.329 e. The lowest BCUT2D eigenvalue weighted by molar-refractivity contribution is -0.150. The van der Waals surface area contributed by atoms with Crippen molar-refractivity contribution in [3.63, 3.8) is 0 Å². The molecule has 0 fully saturated rings. The molecular formula is C49H95NO6S4. The van der Waals surface area contributed by atoms with Gasteiger partial charge in [0.2, 0.25) is 0 Å². The SMILES string of the molecule is CCCCCCCSC(SCCCCCCC)C(=O)OCCCCCC(CCCCCOC(=O)C(SCCCCCCC)SCCCCCCC)OC(=O)CCCN(C)C. The molecule has 0 amide bonds. The third-order valence-electron chi connectivity index (χ3n) is 10.6. The van der Waals surface area contributed by atoms with Gasteiger partial charge in [0.25, 0.3) is 0 Å². The van der Waals surface area contributed by atoms with Gasteiger partial charge in [-0.15, -0.1) is 47.0 Å². The van der Waals surface area contributed by atoms with Crippen molar-refractivity contribution in [3.8, 4) is 0 Å². The fraction of sp³-hybridized carbons (Fsp3) is 0.939. The molecular weight excluding hydrogens is 827 g/mol. The lowest BCUT2D eigenvalue weighted by Gasteiger charge is -2.19. The number of esters is 3. The minimum absolute atomic E-state index is 0.0639. The van der Waals surface area contributed by atoms with Crippen LogP contribution in [0.15, 0.2) is 0 Å². The van der Waals surface area contributed by atoms with Gasteiger partial charge in [0.1, 0.15) is 15.3 Å². The first kappa shape index (κ1) is 59.8. The fourth-order valence-electron chi connectivity index (χ4n) is 6.78. The Morgan fingerprint density at radius 1 is 0.433 bits per heavy atom. The molecule has 0 aliphatic carbocycles. The number of hydrogen-bond acceptors (Lipinski definition) is 11. The van der Waals surface area contributed by atoms with E-state index >= 15 is 0 Å². The highest BCUT2D eigenvalue weighted by molar-refractivity contribution is 8.18. The summed E-state index contributed by atoms with van der Waals surface area (Å²) in [5.74, 6) is 3.83. The van der Waals surface area contributed by atoms with Crippen LogP contribution in [-0.2, 0) is 28.6 Å². The Kier molecular flexibility index (Phi) is 46.6. The predicted molar refractivity (Wildman–Crippen MR) is 269 cm³/mol. The molecule has 0 atom stereocenters. The molecule has 0 aliphatic rings. The first-order chi connectivity index (χ1) is 29.3. The molecule has 0 rings (SSSR count). The summed E-state index contributed by atoms with van der Waals surface area (Å²) in [6.45, 7) is 10.7. The van der Waals surface area contributed by atoms with Gasteiger partial charge in [-0.3, -0.25) is 4.79 Å². The number of thioether (sulfide) groups is 4. The molecule has 7 nitrogen and oxygen atoms in total. The highest BCUT2D eigenvalue weighted by atomic mass is 32.2. The second kappa shape index (κ2) is 46.8. The zero-order valence-corrected chi connectivity index (χ0v) is 43.2. The number of rotatable bonds is 47. The molecule has 11 heteroatoms. The van der Waals surface area contributed by atoms with Gasteiger partial charge >= 0.3 is 17.9 Å². The Bertz CT molecular complexity index is 869. The van der Waals surface area contributed by atoms with E-state index in [-0.39, 0.29) is 33.2 Å². The molecule has 0 bridgehead atoms. The van der Waals surface area contributed by atoms with E-state index in [0.29, 0.717) is 19.6 Å². The highest BCUT2D eigenvalue weighted by Crippen LogP contribution is 2.29. The van der Waals surface area contributed by atoms with E-state index in [2.05, 4.69) is 32.6 Å². The summed E-state index contributed by atoms with van der Waals surface area (Å²) < 4.78 is 17.4. The lowest BCUT2D eigenvalue weighted by Crippen LogP contribution is -2.21. The molecule has 0 N–H and O–H groups in total. The largest absolute Gasteiger partial charge is 0.464 e. The van der Waals surface area contributed by atoms with Crippen LogP contribution in [0.5, 0.6) is 0 Å². The van der Waals surface area contributed by atoms with Crippen molar-refractivity contribution in [1.29, 1.82) is 0 Å². The van der Waals surface area contributed by atoms with Gasteiger partial charge in [0.15, 0.2) is 0 Å². The Morgan fingerprint density at radius 2 is 0.767 bits per heavy atom. The van der Waals surface area contributed by atoms with Crippen molar-refractivity contribution in [3.05, 3.63) is 0 Å². The summed E-state index contributed by atoms with van der Waals surface area (Å²) in [5.41, 5.74) is 0. The normalized spacial score (nSPS) is 11.7. The molecule has 356 valence electrons. The van der Waals surface area contributed by atoms with E-state index in [9.17, 15) is 14.4 Å². The van der Waals surface area contributed by atoms with Crippen LogP contribution in [0.1, 0.15) is 220 Å². The van der Waals surface area contributed by atoms with Crippen LogP contribution in [0.4, 0.5) is 0 Å². The number of carbonyl (C=O) groups excluding carboxylic acids is 3. The van der Waals surface area contributed by atoms with Gasteiger partial charge in [0.05, 0.1) is 13.2 Å². The van der Waals surface area contributed by atoms with Crippen molar-refractivity contribution in [2.45, 2.75) is 236 Å². The van der Waals surface area contributed by atoms with Crippen molar-refractivity contribution in [2.24, 2.45) is 0 Å². The maximum atomic E-state index is 13.1. The number of unbranched alkanes of at least 4 members (excludes halogenated alkanes) is 20. The highest BCUT2D eigenvalue weighted by Gasteiger charge is 2.22. The van der Waals surface area contributed by atoms with Crippen molar-refractivity contribution >= 4 is 65.0 Å².